The summed E-state index contributed by atoms with van der Waals surface area (Å²) in [6, 6.07) is 12.4. The first kappa shape index (κ1) is 13.2. The summed E-state index contributed by atoms with van der Waals surface area (Å²) in [6.07, 6.45) is 1.71. The molecule has 18 heavy (non-hydrogen) atoms. The minimum Gasteiger partial charge on any atom is -0.468 e. The quantitative estimate of drug-likeness (QED) is 0.799. The Morgan fingerprint density at radius 1 is 1.22 bits per heavy atom. The molecule has 0 bridgehead atoms. The lowest BCUT2D eigenvalue weighted by atomic mass is 10.2. The molecule has 0 saturated carbocycles. The molecule has 1 aromatic heterocycles. The second kappa shape index (κ2) is 6.66. The molecule has 2 rings (SSSR count). The molecule has 0 aliphatic heterocycles. The van der Waals surface area contributed by atoms with Crippen molar-refractivity contribution in [2.45, 2.75) is 30.5 Å². The second-order valence-corrected chi connectivity index (χ2v) is 5.88. The number of aryl methyl sites for hydroxylation is 1. The molecule has 3 heteroatoms. The van der Waals surface area contributed by atoms with Crippen LogP contribution in [0.1, 0.15) is 18.2 Å². The SMILES string of the molecule is Cc1ccccc1SC(C)CNCc1ccco1. The molecule has 0 spiro atoms. The van der Waals surface area contributed by atoms with Crippen LogP contribution in [0.2, 0.25) is 0 Å². The zero-order valence-corrected chi connectivity index (χ0v) is 11.7. The van der Waals surface area contributed by atoms with Gasteiger partial charge in [-0.15, -0.1) is 11.8 Å². The van der Waals surface area contributed by atoms with Crippen molar-refractivity contribution in [3.63, 3.8) is 0 Å². The van der Waals surface area contributed by atoms with Gasteiger partial charge in [0, 0.05) is 16.7 Å². The van der Waals surface area contributed by atoms with E-state index in [1.807, 2.05) is 23.9 Å². The van der Waals surface area contributed by atoms with Crippen LogP contribution < -0.4 is 5.32 Å². The van der Waals surface area contributed by atoms with Crippen LogP contribution in [0.25, 0.3) is 0 Å². The predicted octanol–water partition coefficient (Wildman–Crippen LogP) is 3.86. The topological polar surface area (TPSA) is 25.2 Å². The van der Waals surface area contributed by atoms with E-state index in [0.717, 1.165) is 18.8 Å². The summed E-state index contributed by atoms with van der Waals surface area (Å²) >= 11 is 1.91. The third-order valence-electron chi connectivity index (χ3n) is 2.73. The van der Waals surface area contributed by atoms with Crippen molar-refractivity contribution < 1.29 is 4.42 Å². The van der Waals surface area contributed by atoms with E-state index >= 15 is 0 Å². The molecule has 1 aromatic carbocycles. The molecule has 0 radical (unpaired) electrons. The minimum absolute atomic E-state index is 0.543. The fourth-order valence-electron chi connectivity index (χ4n) is 1.76. The van der Waals surface area contributed by atoms with Gasteiger partial charge in [-0.25, -0.2) is 0 Å². The summed E-state index contributed by atoms with van der Waals surface area (Å²) in [5, 5.41) is 3.96. The monoisotopic (exact) mass is 261 g/mol. The highest BCUT2D eigenvalue weighted by atomic mass is 32.2. The zero-order valence-electron chi connectivity index (χ0n) is 10.8. The minimum atomic E-state index is 0.543. The number of nitrogens with one attached hydrogen (secondary N) is 1. The molecule has 1 heterocycles. The van der Waals surface area contributed by atoms with Crippen LogP contribution in [0.4, 0.5) is 0 Å². The Balaban J connectivity index is 1.75. The Labute approximate surface area is 113 Å². The number of rotatable bonds is 6. The first-order chi connectivity index (χ1) is 8.75. The van der Waals surface area contributed by atoms with E-state index in [9.17, 15) is 0 Å². The summed E-state index contributed by atoms with van der Waals surface area (Å²) in [4.78, 5) is 1.37. The van der Waals surface area contributed by atoms with Crippen molar-refractivity contribution in [3.8, 4) is 0 Å². The molecule has 0 aliphatic carbocycles. The van der Waals surface area contributed by atoms with Crippen molar-refractivity contribution >= 4 is 11.8 Å². The van der Waals surface area contributed by atoms with Gasteiger partial charge in [-0.3, -0.25) is 0 Å². The van der Waals surface area contributed by atoms with Gasteiger partial charge >= 0.3 is 0 Å². The maximum absolute atomic E-state index is 5.28. The van der Waals surface area contributed by atoms with Gasteiger partial charge in [0.1, 0.15) is 5.76 Å². The van der Waals surface area contributed by atoms with E-state index in [1.165, 1.54) is 10.5 Å². The number of thioether (sulfide) groups is 1. The fraction of sp³-hybridized carbons (Fsp3) is 0.333. The first-order valence-corrected chi connectivity index (χ1v) is 7.09. The van der Waals surface area contributed by atoms with Gasteiger partial charge in [0.25, 0.3) is 0 Å². The standard InChI is InChI=1S/C15H19NOS/c1-12-6-3-4-8-15(12)18-13(2)10-16-11-14-7-5-9-17-14/h3-9,13,16H,10-11H2,1-2H3. The Hall–Kier alpha value is -1.19. The first-order valence-electron chi connectivity index (χ1n) is 6.21. The van der Waals surface area contributed by atoms with Crippen LogP contribution in [0.3, 0.4) is 0 Å². The largest absolute Gasteiger partial charge is 0.468 e. The molecule has 96 valence electrons. The molecule has 1 N–H and O–H groups in total. The van der Waals surface area contributed by atoms with Crippen LogP contribution in [0, 0.1) is 6.92 Å². The van der Waals surface area contributed by atoms with E-state index in [4.69, 9.17) is 4.42 Å². The molecule has 0 aliphatic rings. The highest BCUT2D eigenvalue weighted by Gasteiger charge is 2.06. The van der Waals surface area contributed by atoms with Crippen LogP contribution >= 0.6 is 11.8 Å². The number of hydrogen-bond acceptors (Lipinski definition) is 3. The molecule has 0 saturated heterocycles. The summed E-state index contributed by atoms with van der Waals surface area (Å²) in [6.45, 7) is 6.17. The molecular formula is C15H19NOS. The van der Waals surface area contributed by atoms with Gasteiger partial charge in [0.2, 0.25) is 0 Å². The van der Waals surface area contributed by atoms with E-state index in [-0.39, 0.29) is 0 Å². The summed E-state index contributed by atoms with van der Waals surface area (Å²) in [7, 11) is 0. The lowest BCUT2D eigenvalue weighted by Crippen LogP contribution is -2.22. The summed E-state index contributed by atoms with van der Waals surface area (Å²) in [5.41, 5.74) is 1.35. The molecule has 1 atom stereocenters. The van der Waals surface area contributed by atoms with Gasteiger partial charge in [-0.2, -0.15) is 0 Å². The van der Waals surface area contributed by atoms with Gasteiger partial charge in [-0.05, 0) is 30.7 Å². The Kier molecular flexibility index (Phi) is 4.90. The predicted molar refractivity (Wildman–Crippen MR) is 76.9 cm³/mol. The van der Waals surface area contributed by atoms with E-state index < -0.39 is 0 Å². The average Bonchev–Trinajstić information content (AvgIpc) is 2.85. The van der Waals surface area contributed by atoms with Crippen LogP contribution in [-0.4, -0.2) is 11.8 Å². The van der Waals surface area contributed by atoms with Gasteiger partial charge in [0.05, 0.1) is 12.8 Å². The lowest BCUT2D eigenvalue weighted by molar-refractivity contribution is 0.484. The fourth-order valence-corrected chi connectivity index (χ4v) is 2.80. The number of benzene rings is 1. The van der Waals surface area contributed by atoms with Crippen molar-refractivity contribution in [3.05, 3.63) is 54.0 Å². The third-order valence-corrected chi connectivity index (χ3v) is 4.01. The Morgan fingerprint density at radius 3 is 2.78 bits per heavy atom. The Bertz CT molecular complexity index is 467. The van der Waals surface area contributed by atoms with Crippen molar-refractivity contribution in [1.29, 1.82) is 0 Å². The summed E-state index contributed by atoms with van der Waals surface area (Å²) in [5.74, 6) is 0.989. The van der Waals surface area contributed by atoms with Gasteiger partial charge in [-0.1, -0.05) is 25.1 Å². The second-order valence-electron chi connectivity index (χ2n) is 4.40. The molecule has 2 nitrogen and oxygen atoms in total. The summed E-state index contributed by atoms with van der Waals surface area (Å²) < 4.78 is 5.28. The van der Waals surface area contributed by atoms with E-state index in [1.54, 1.807) is 6.26 Å². The van der Waals surface area contributed by atoms with Crippen molar-refractivity contribution in [2.24, 2.45) is 0 Å². The maximum Gasteiger partial charge on any atom is 0.117 e. The number of hydrogen-bond donors (Lipinski definition) is 1. The molecule has 2 aromatic rings. The molecule has 0 fully saturated rings. The lowest BCUT2D eigenvalue weighted by Gasteiger charge is -2.13. The zero-order chi connectivity index (χ0) is 12.8. The van der Waals surface area contributed by atoms with Gasteiger partial charge in [0.15, 0.2) is 0 Å². The average molecular weight is 261 g/mol. The Morgan fingerprint density at radius 2 is 2.06 bits per heavy atom. The maximum atomic E-state index is 5.28. The molecular weight excluding hydrogens is 242 g/mol. The van der Waals surface area contributed by atoms with Crippen molar-refractivity contribution in [1.82, 2.24) is 5.32 Å². The van der Waals surface area contributed by atoms with Crippen LogP contribution in [0.15, 0.2) is 52.0 Å². The smallest absolute Gasteiger partial charge is 0.117 e. The van der Waals surface area contributed by atoms with Crippen LogP contribution in [0.5, 0.6) is 0 Å². The number of furan rings is 1. The molecule has 0 amide bonds. The van der Waals surface area contributed by atoms with E-state index in [0.29, 0.717) is 5.25 Å². The van der Waals surface area contributed by atoms with Crippen LogP contribution in [-0.2, 0) is 6.54 Å². The van der Waals surface area contributed by atoms with Crippen molar-refractivity contribution in [2.75, 3.05) is 6.54 Å². The highest BCUT2D eigenvalue weighted by Crippen LogP contribution is 2.25. The van der Waals surface area contributed by atoms with Gasteiger partial charge < -0.3 is 9.73 Å². The van der Waals surface area contributed by atoms with E-state index in [2.05, 4.69) is 43.4 Å². The normalized spacial score (nSPS) is 12.6. The molecule has 1 unspecified atom stereocenters. The third kappa shape index (κ3) is 3.93. The highest BCUT2D eigenvalue weighted by molar-refractivity contribution is 8.00.